The number of hydrogen-bond acceptors (Lipinski definition) is 9. The van der Waals surface area contributed by atoms with Crippen molar-refractivity contribution in [2.24, 2.45) is 31.9 Å². The molecule has 2 amide bonds. The van der Waals surface area contributed by atoms with Crippen LogP contribution in [0.25, 0.3) is 11.3 Å². The van der Waals surface area contributed by atoms with E-state index in [0.717, 1.165) is 23.8 Å². The second-order valence-corrected chi connectivity index (χ2v) is 11.7. The fourth-order valence-corrected chi connectivity index (χ4v) is 6.30. The van der Waals surface area contributed by atoms with E-state index < -0.39 is 5.41 Å². The number of rotatable bonds is 9. The van der Waals surface area contributed by atoms with Gasteiger partial charge in [0.1, 0.15) is 23.7 Å². The molecule has 1 aromatic carbocycles. The van der Waals surface area contributed by atoms with Crippen LogP contribution in [-0.2, 0) is 9.59 Å². The Hall–Kier alpha value is -5.17. The summed E-state index contributed by atoms with van der Waals surface area (Å²) in [5, 5.41) is 7.65. The van der Waals surface area contributed by atoms with E-state index in [1.54, 1.807) is 31.1 Å². The first-order chi connectivity index (χ1) is 22.2. The normalized spacial score (nSPS) is 21.5. The molecule has 0 unspecified atom stereocenters. The molecule has 0 radical (unpaired) electrons. The predicted octanol–water partition coefficient (Wildman–Crippen LogP) is 1.79. The molecule has 2 saturated heterocycles. The van der Waals surface area contributed by atoms with Gasteiger partial charge in [0.2, 0.25) is 11.8 Å². The molecule has 13 heteroatoms. The number of nitrogen functional groups attached to an aromatic ring is 1. The van der Waals surface area contributed by atoms with E-state index in [9.17, 15) is 9.59 Å². The van der Waals surface area contributed by atoms with Gasteiger partial charge in [0, 0.05) is 63.8 Å². The summed E-state index contributed by atoms with van der Waals surface area (Å²) in [7, 11) is 3.23. The van der Waals surface area contributed by atoms with E-state index in [2.05, 4.69) is 30.9 Å². The maximum Gasteiger partial charge on any atom is 0.237 e. The lowest BCUT2D eigenvalue weighted by Gasteiger charge is -2.29. The highest BCUT2D eigenvalue weighted by molar-refractivity contribution is 6.10. The molecule has 3 aliphatic rings. The van der Waals surface area contributed by atoms with Gasteiger partial charge in [-0.15, -0.1) is 0 Å². The van der Waals surface area contributed by atoms with Crippen molar-refractivity contribution in [2.45, 2.75) is 19.3 Å². The second-order valence-electron chi connectivity index (χ2n) is 11.7. The van der Waals surface area contributed by atoms with Gasteiger partial charge in [-0.1, -0.05) is 30.3 Å². The third-order valence-corrected chi connectivity index (χ3v) is 8.91. The van der Waals surface area contributed by atoms with Crippen molar-refractivity contribution in [3.05, 3.63) is 64.9 Å². The van der Waals surface area contributed by atoms with Crippen LogP contribution in [0.2, 0.25) is 0 Å². The Balaban J connectivity index is 1.19. The highest BCUT2D eigenvalue weighted by Gasteiger charge is 2.51. The number of nitrogens with one attached hydrogen (secondary N) is 1. The van der Waals surface area contributed by atoms with Crippen molar-refractivity contribution in [3.63, 3.8) is 0 Å². The zero-order valence-electron chi connectivity index (χ0n) is 26.3. The third-order valence-electron chi connectivity index (χ3n) is 8.91. The van der Waals surface area contributed by atoms with Gasteiger partial charge in [-0.25, -0.2) is 9.98 Å². The topological polar surface area (TPSA) is 196 Å². The standard InChI is InChI=1S/C33H41N11O2/c1-38-18-25(17-34)29(36)30-26(35)7-8-27(41-30)44-16-12-33(32(44)46)11-15-42(20-33)19-28(45)43-13-9-23(10-14-43)22-3-5-24(6-4-22)31(37)40-21-39-2/h3-9,17-18,21,34H,10-16,19-20,35-36H2,1-2H3,(H2,37,39,40)/t33-/m0/s1. The first kappa shape index (κ1) is 32.2. The average Bonchev–Trinajstić information content (AvgIpc) is 3.64. The van der Waals surface area contributed by atoms with Crippen LogP contribution >= 0.6 is 0 Å². The van der Waals surface area contributed by atoms with E-state index in [1.807, 2.05) is 29.2 Å². The Morgan fingerprint density at radius 3 is 2.50 bits per heavy atom. The molecule has 46 heavy (non-hydrogen) atoms. The first-order valence-electron chi connectivity index (χ1n) is 15.2. The minimum absolute atomic E-state index is 0.00120. The summed E-state index contributed by atoms with van der Waals surface area (Å²) in [6, 6.07) is 11.3. The molecule has 13 nitrogen and oxygen atoms in total. The summed E-state index contributed by atoms with van der Waals surface area (Å²) in [6.45, 7) is 3.19. The number of hydrogen-bond donors (Lipinski definition) is 4. The van der Waals surface area contributed by atoms with Crippen LogP contribution in [0.3, 0.4) is 0 Å². The molecular weight excluding hydrogens is 582 g/mol. The SMILES string of the molecule is CN=CN=C(N)c1ccc(C2=CCN(C(=O)CN3CC[C@]4(CCN(c5ccc(N)c(C(N)=C(C=N)C=NC)n5)C4=O)C3)CC2)cc1. The van der Waals surface area contributed by atoms with E-state index in [4.69, 9.17) is 22.6 Å². The summed E-state index contributed by atoms with van der Waals surface area (Å²) in [5.41, 5.74) is 22.3. The van der Waals surface area contributed by atoms with E-state index in [0.29, 0.717) is 74.2 Å². The molecule has 0 aliphatic carbocycles. The number of pyridine rings is 1. The molecule has 0 bridgehead atoms. The number of benzene rings is 1. The molecule has 1 spiro atoms. The number of carbonyl (C=O) groups is 2. The minimum atomic E-state index is -0.557. The quantitative estimate of drug-likeness (QED) is 0.241. The Morgan fingerprint density at radius 1 is 1.07 bits per heavy atom. The lowest BCUT2D eigenvalue weighted by atomic mass is 9.85. The van der Waals surface area contributed by atoms with Gasteiger partial charge in [0.25, 0.3) is 0 Å². The third kappa shape index (κ3) is 6.59. The van der Waals surface area contributed by atoms with Crippen LogP contribution in [0.15, 0.2) is 63.0 Å². The molecule has 2 aromatic rings. The lowest BCUT2D eigenvalue weighted by Crippen LogP contribution is -2.43. The van der Waals surface area contributed by atoms with Gasteiger partial charge in [0.15, 0.2) is 0 Å². The summed E-state index contributed by atoms with van der Waals surface area (Å²) >= 11 is 0. The van der Waals surface area contributed by atoms with Crippen molar-refractivity contribution in [2.75, 3.05) is 64.0 Å². The molecular formula is C33H41N11O2. The zero-order chi connectivity index (χ0) is 32.8. The van der Waals surface area contributed by atoms with Crippen molar-refractivity contribution in [1.29, 1.82) is 5.41 Å². The molecule has 2 fully saturated rings. The fourth-order valence-electron chi connectivity index (χ4n) is 6.30. The van der Waals surface area contributed by atoms with Crippen LogP contribution in [0.1, 0.15) is 36.1 Å². The van der Waals surface area contributed by atoms with Crippen molar-refractivity contribution in [1.82, 2.24) is 14.8 Å². The molecule has 0 saturated carbocycles. The van der Waals surface area contributed by atoms with Crippen LogP contribution < -0.4 is 22.1 Å². The van der Waals surface area contributed by atoms with Crippen molar-refractivity contribution in [3.8, 4) is 0 Å². The number of anilines is 2. The minimum Gasteiger partial charge on any atom is -0.397 e. The number of amidine groups is 1. The average molecular weight is 624 g/mol. The lowest BCUT2D eigenvalue weighted by molar-refractivity contribution is -0.132. The number of likely N-dealkylation sites (tertiary alicyclic amines) is 1. The molecule has 3 aliphatic heterocycles. The van der Waals surface area contributed by atoms with Gasteiger partial charge in [-0.05, 0) is 49.1 Å². The number of amides is 2. The summed E-state index contributed by atoms with van der Waals surface area (Å²) in [6.07, 6.45) is 8.22. The smallest absolute Gasteiger partial charge is 0.237 e. The van der Waals surface area contributed by atoms with E-state index in [1.165, 1.54) is 18.1 Å². The zero-order valence-corrected chi connectivity index (χ0v) is 26.3. The second kappa shape index (κ2) is 13.9. The Bertz CT molecular complexity index is 1660. The Morgan fingerprint density at radius 2 is 1.83 bits per heavy atom. The molecule has 240 valence electrons. The summed E-state index contributed by atoms with van der Waals surface area (Å²) in [5.74, 6) is 0.942. The van der Waals surface area contributed by atoms with E-state index in [-0.39, 0.29) is 24.1 Å². The monoisotopic (exact) mass is 623 g/mol. The van der Waals surface area contributed by atoms with Crippen LogP contribution in [0, 0.1) is 10.8 Å². The Labute approximate surface area is 268 Å². The highest BCUT2D eigenvalue weighted by Crippen LogP contribution is 2.42. The highest BCUT2D eigenvalue weighted by atomic mass is 16.2. The molecule has 4 heterocycles. The maximum atomic E-state index is 13.8. The van der Waals surface area contributed by atoms with Gasteiger partial charge in [-0.2, -0.15) is 0 Å². The molecule has 7 N–H and O–H groups in total. The van der Waals surface area contributed by atoms with Gasteiger partial charge < -0.3 is 27.5 Å². The van der Waals surface area contributed by atoms with Gasteiger partial charge in [0.05, 0.1) is 23.3 Å². The molecule has 1 atom stereocenters. The van der Waals surface area contributed by atoms with E-state index >= 15 is 0 Å². The van der Waals surface area contributed by atoms with Gasteiger partial charge in [-0.3, -0.25) is 29.4 Å². The van der Waals surface area contributed by atoms with Crippen molar-refractivity contribution < 1.29 is 9.59 Å². The number of allylic oxidation sites excluding steroid dienone is 1. The summed E-state index contributed by atoms with van der Waals surface area (Å²) < 4.78 is 0. The molecule has 5 rings (SSSR count). The fraction of sp³-hybridized carbons (Fsp3) is 0.364. The number of aliphatic imine (C=N–C) groups is 3. The molecule has 1 aromatic heterocycles. The van der Waals surface area contributed by atoms with Crippen LogP contribution in [0.5, 0.6) is 0 Å². The predicted molar refractivity (Wildman–Crippen MR) is 184 cm³/mol. The van der Waals surface area contributed by atoms with Gasteiger partial charge >= 0.3 is 0 Å². The number of aromatic nitrogens is 1. The number of nitrogens with zero attached hydrogens (tertiary/aromatic N) is 7. The van der Waals surface area contributed by atoms with Crippen LogP contribution in [-0.4, -0.2) is 105 Å². The first-order valence-corrected chi connectivity index (χ1v) is 15.2. The van der Waals surface area contributed by atoms with Crippen LogP contribution in [0.4, 0.5) is 11.5 Å². The number of nitrogens with two attached hydrogens (primary N) is 3. The number of carbonyl (C=O) groups excluding carboxylic acids is 2. The Kier molecular flexibility index (Phi) is 9.71. The summed E-state index contributed by atoms with van der Waals surface area (Å²) in [4.78, 5) is 49.2. The van der Waals surface area contributed by atoms with Crippen molar-refractivity contribution >= 4 is 59.2 Å². The largest absolute Gasteiger partial charge is 0.397 e. The maximum absolute atomic E-state index is 13.8.